The second kappa shape index (κ2) is 4.18. The molecule has 1 nitrogen and oxygen atoms in total. The summed E-state index contributed by atoms with van der Waals surface area (Å²) in [5.74, 6) is 0. The van der Waals surface area contributed by atoms with Gasteiger partial charge in [0.05, 0.1) is 12.2 Å². The van der Waals surface area contributed by atoms with E-state index in [9.17, 15) is 13.2 Å². The first-order chi connectivity index (χ1) is 7.95. The molecule has 1 aromatic carbocycles. The lowest BCUT2D eigenvalue weighted by molar-refractivity contribution is -0.137. The Morgan fingerprint density at radius 2 is 1.76 bits per heavy atom. The van der Waals surface area contributed by atoms with Gasteiger partial charge in [-0.25, -0.2) is 0 Å². The maximum absolute atomic E-state index is 12.3. The molecule has 2 rings (SSSR count). The van der Waals surface area contributed by atoms with Crippen LogP contribution in [0.1, 0.15) is 24.0 Å². The summed E-state index contributed by atoms with van der Waals surface area (Å²) in [7, 11) is 0. The quantitative estimate of drug-likeness (QED) is 0.860. The number of benzene rings is 1. The van der Waals surface area contributed by atoms with Gasteiger partial charge in [-0.05, 0) is 30.5 Å². The molecule has 1 N–H and O–H groups in total. The highest BCUT2D eigenvalue weighted by Gasteiger charge is 2.39. The first-order valence-corrected chi connectivity index (χ1v) is 5.43. The van der Waals surface area contributed by atoms with E-state index in [1.165, 1.54) is 12.1 Å². The van der Waals surface area contributed by atoms with Crippen LogP contribution >= 0.6 is 0 Å². The Morgan fingerprint density at radius 1 is 1.18 bits per heavy atom. The van der Waals surface area contributed by atoms with Gasteiger partial charge in [0.15, 0.2) is 0 Å². The van der Waals surface area contributed by atoms with Crippen molar-refractivity contribution in [1.29, 1.82) is 0 Å². The highest BCUT2D eigenvalue weighted by molar-refractivity contribution is 5.51. The highest BCUT2D eigenvalue weighted by Crippen LogP contribution is 2.46. The molecule has 1 aliphatic carbocycles. The van der Waals surface area contributed by atoms with Gasteiger partial charge in [0.1, 0.15) is 0 Å². The standard InChI is InChI=1S/C13H13F3O/c14-13(15,16)11-3-1-10(2-4-11)5-6-12(9-17)7-8-12/h1-6,17H,7-9H2/b6-5+. The van der Waals surface area contributed by atoms with E-state index in [-0.39, 0.29) is 12.0 Å². The molecule has 0 radical (unpaired) electrons. The third kappa shape index (κ3) is 2.88. The van der Waals surface area contributed by atoms with Crippen LogP contribution < -0.4 is 0 Å². The van der Waals surface area contributed by atoms with Gasteiger partial charge in [-0.2, -0.15) is 13.2 Å². The summed E-state index contributed by atoms with van der Waals surface area (Å²) in [6.45, 7) is 0.101. The molecule has 92 valence electrons. The van der Waals surface area contributed by atoms with Crippen LogP contribution in [0.2, 0.25) is 0 Å². The summed E-state index contributed by atoms with van der Waals surface area (Å²) in [5.41, 5.74) is -0.0430. The van der Waals surface area contributed by atoms with E-state index >= 15 is 0 Å². The van der Waals surface area contributed by atoms with E-state index in [0.29, 0.717) is 0 Å². The van der Waals surface area contributed by atoms with Crippen LogP contribution in [-0.4, -0.2) is 11.7 Å². The van der Waals surface area contributed by atoms with E-state index < -0.39 is 11.7 Å². The largest absolute Gasteiger partial charge is 0.416 e. The maximum atomic E-state index is 12.3. The summed E-state index contributed by atoms with van der Waals surface area (Å²) in [4.78, 5) is 0. The van der Waals surface area contributed by atoms with Crippen LogP contribution in [0.5, 0.6) is 0 Å². The minimum absolute atomic E-state index is 0.101. The Hall–Kier alpha value is -1.29. The van der Waals surface area contributed by atoms with Crippen molar-refractivity contribution in [3.63, 3.8) is 0 Å². The lowest BCUT2D eigenvalue weighted by atomic mass is 10.1. The molecule has 0 bridgehead atoms. The third-order valence-electron chi connectivity index (χ3n) is 3.07. The van der Waals surface area contributed by atoms with Gasteiger partial charge >= 0.3 is 6.18 Å². The van der Waals surface area contributed by atoms with Crippen LogP contribution in [0.15, 0.2) is 30.3 Å². The van der Waals surface area contributed by atoms with Gasteiger partial charge in [0.25, 0.3) is 0 Å². The molecule has 17 heavy (non-hydrogen) atoms. The van der Waals surface area contributed by atoms with Gasteiger partial charge in [-0.1, -0.05) is 24.3 Å². The van der Waals surface area contributed by atoms with Crippen molar-refractivity contribution >= 4 is 6.08 Å². The van der Waals surface area contributed by atoms with Gasteiger partial charge in [0, 0.05) is 5.41 Å². The smallest absolute Gasteiger partial charge is 0.395 e. The van der Waals surface area contributed by atoms with Crippen molar-refractivity contribution in [3.8, 4) is 0 Å². The number of rotatable bonds is 3. The average molecular weight is 242 g/mol. The molecule has 0 heterocycles. The lowest BCUT2D eigenvalue weighted by Gasteiger charge is -2.07. The number of hydrogen-bond acceptors (Lipinski definition) is 1. The molecular weight excluding hydrogens is 229 g/mol. The summed E-state index contributed by atoms with van der Waals surface area (Å²) in [5, 5.41) is 9.09. The first kappa shape index (κ1) is 12.2. The molecule has 0 atom stereocenters. The number of hydrogen-bond donors (Lipinski definition) is 1. The summed E-state index contributed by atoms with van der Waals surface area (Å²) in [6.07, 6.45) is 1.26. The molecule has 0 unspecified atom stereocenters. The van der Waals surface area contributed by atoms with Crippen molar-refractivity contribution in [1.82, 2.24) is 0 Å². The molecule has 1 fully saturated rings. The summed E-state index contributed by atoms with van der Waals surface area (Å²) < 4.78 is 36.9. The minimum Gasteiger partial charge on any atom is -0.395 e. The zero-order chi connectivity index (χ0) is 12.5. The highest BCUT2D eigenvalue weighted by atomic mass is 19.4. The average Bonchev–Trinajstić information content (AvgIpc) is 3.06. The van der Waals surface area contributed by atoms with E-state index in [1.54, 1.807) is 6.08 Å². The minimum atomic E-state index is -4.29. The number of aliphatic hydroxyl groups excluding tert-OH is 1. The maximum Gasteiger partial charge on any atom is 0.416 e. The monoisotopic (exact) mass is 242 g/mol. The van der Waals surface area contributed by atoms with Crippen molar-refractivity contribution in [2.24, 2.45) is 5.41 Å². The van der Waals surface area contributed by atoms with Gasteiger partial charge in [-0.15, -0.1) is 0 Å². The molecular formula is C13H13F3O. The van der Waals surface area contributed by atoms with Crippen LogP contribution in [0.3, 0.4) is 0 Å². The summed E-state index contributed by atoms with van der Waals surface area (Å²) in [6, 6.07) is 5.01. The molecule has 0 spiro atoms. The van der Waals surface area contributed by atoms with Crippen molar-refractivity contribution in [2.75, 3.05) is 6.61 Å². The summed E-state index contributed by atoms with van der Waals surface area (Å²) >= 11 is 0. The lowest BCUT2D eigenvalue weighted by Crippen LogP contribution is -2.04. The van der Waals surface area contributed by atoms with E-state index in [2.05, 4.69) is 0 Å². The molecule has 0 amide bonds. The predicted molar refractivity (Wildman–Crippen MR) is 59.2 cm³/mol. The zero-order valence-corrected chi connectivity index (χ0v) is 9.17. The fourth-order valence-electron chi connectivity index (χ4n) is 1.59. The third-order valence-corrected chi connectivity index (χ3v) is 3.07. The number of aliphatic hydroxyl groups is 1. The Balaban J connectivity index is 2.09. The van der Waals surface area contributed by atoms with Crippen molar-refractivity contribution in [2.45, 2.75) is 19.0 Å². The molecule has 0 aliphatic heterocycles. The second-order valence-corrected chi connectivity index (χ2v) is 4.47. The Morgan fingerprint density at radius 3 is 2.18 bits per heavy atom. The second-order valence-electron chi connectivity index (χ2n) is 4.47. The first-order valence-electron chi connectivity index (χ1n) is 5.43. The van der Waals surface area contributed by atoms with Crippen LogP contribution in [-0.2, 0) is 6.18 Å². The number of halogens is 3. The van der Waals surface area contributed by atoms with E-state index in [4.69, 9.17) is 5.11 Å². The fraction of sp³-hybridized carbons (Fsp3) is 0.385. The van der Waals surface area contributed by atoms with Crippen molar-refractivity contribution < 1.29 is 18.3 Å². The molecule has 0 aromatic heterocycles. The van der Waals surface area contributed by atoms with Gasteiger partial charge < -0.3 is 5.11 Å². The van der Waals surface area contributed by atoms with E-state index in [1.807, 2.05) is 6.08 Å². The Labute approximate surface area is 97.6 Å². The number of alkyl halides is 3. The van der Waals surface area contributed by atoms with Gasteiger partial charge in [0.2, 0.25) is 0 Å². The molecule has 0 saturated heterocycles. The SMILES string of the molecule is OCC1(/C=C/c2ccc(C(F)(F)F)cc2)CC1. The zero-order valence-electron chi connectivity index (χ0n) is 9.17. The fourth-order valence-corrected chi connectivity index (χ4v) is 1.59. The molecule has 4 heteroatoms. The van der Waals surface area contributed by atoms with Crippen LogP contribution in [0.4, 0.5) is 13.2 Å². The predicted octanol–water partition coefficient (Wildman–Crippen LogP) is 3.49. The van der Waals surface area contributed by atoms with E-state index in [0.717, 1.165) is 30.5 Å². The van der Waals surface area contributed by atoms with Crippen molar-refractivity contribution in [3.05, 3.63) is 41.5 Å². The van der Waals surface area contributed by atoms with Crippen LogP contribution in [0.25, 0.3) is 6.08 Å². The molecule has 1 saturated carbocycles. The topological polar surface area (TPSA) is 20.2 Å². The molecule has 1 aromatic rings. The van der Waals surface area contributed by atoms with Gasteiger partial charge in [-0.3, -0.25) is 0 Å². The van der Waals surface area contributed by atoms with Crippen LogP contribution in [0, 0.1) is 5.41 Å². The normalized spacial score (nSPS) is 18.6. The molecule has 1 aliphatic rings. The Bertz CT molecular complexity index is 413. The Kier molecular flexibility index (Phi) is 3.00.